The molecule has 1 heterocycles. The highest BCUT2D eigenvalue weighted by Crippen LogP contribution is 2.06. The van der Waals surface area contributed by atoms with E-state index in [9.17, 15) is 0 Å². The summed E-state index contributed by atoms with van der Waals surface area (Å²) in [4.78, 5) is 0. The van der Waals surface area contributed by atoms with Crippen molar-refractivity contribution in [2.75, 3.05) is 19.8 Å². The second kappa shape index (κ2) is 7.49. The molecule has 3 heteroatoms. The van der Waals surface area contributed by atoms with Crippen molar-refractivity contribution in [1.29, 1.82) is 0 Å². The van der Waals surface area contributed by atoms with E-state index in [0.29, 0.717) is 6.04 Å². The third-order valence-electron chi connectivity index (χ3n) is 2.34. The largest absolute Gasteiger partial charge is 0.469 e. The van der Waals surface area contributed by atoms with E-state index < -0.39 is 0 Å². The minimum Gasteiger partial charge on any atom is -0.469 e. The maximum Gasteiger partial charge on any atom is 0.105 e. The van der Waals surface area contributed by atoms with Gasteiger partial charge in [0.15, 0.2) is 0 Å². The number of likely N-dealkylation sites (N-methyl/N-ethyl adjacent to an activating group) is 1. The summed E-state index contributed by atoms with van der Waals surface area (Å²) in [6.45, 7) is 6.73. The Morgan fingerprint density at radius 2 is 2.33 bits per heavy atom. The number of nitrogens with one attached hydrogen (secondary N) is 1. The minimum absolute atomic E-state index is 0.452. The molecule has 0 aromatic carbocycles. The fraction of sp³-hybridized carbons (Fsp3) is 0.667. The Morgan fingerprint density at radius 3 is 2.93 bits per heavy atom. The van der Waals surface area contributed by atoms with Crippen LogP contribution in [0.5, 0.6) is 0 Å². The first-order valence-corrected chi connectivity index (χ1v) is 5.70. The number of furan rings is 1. The van der Waals surface area contributed by atoms with Gasteiger partial charge in [0.1, 0.15) is 5.76 Å². The molecule has 0 fully saturated rings. The average Bonchev–Trinajstić information content (AvgIpc) is 2.71. The fourth-order valence-corrected chi connectivity index (χ4v) is 1.61. The van der Waals surface area contributed by atoms with E-state index in [2.05, 4.69) is 12.2 Å². The van der Waals surface area contributed by atoms with Crippen molar-refractivity contribution < 1.29 is 9.15 Å². The van der Waals surface area contributed by atoms with Gasteiger partial charge in [0.25, 0.3) is 0 Å². The lowest BCUT2D eigenvalue weighted by Gasteiger charge is -2.16. The highest BCUT2D eigenvalue weighted by atomic mass is 16.5. The first kappa shape index (κ1) is 12.3. The molecule has 1 aromatic rings. The molecular formula is C12H21NO2. The second-order valence-corrected chi connectivity index (χ2v) is 3.52. The van der Waals surface area contributed by atoms with E-state index in [1.807, 2.05) is 19.1 Å². The maximum atomic E-state index is 5.36. The van der Waals surface area contributed by atoms with E-state index in [0.717, 1.165) is 38.4 Å². The summed E-state index contributed by atoms with van der Waals surface area (Å²) in [5.41, 5.74) is 0. The Balaban J connectivity index is 2.29. The molecular weight excluding hydrogens is 190 g/mol. The van der Waals surface area contributed by atoms with E-state index >= 15 is 0 Å². The molecule has 1 aromatic heterocycles. The molecule has 15 heavy (non-hydrogen) atoms. The van der Waals surface area contributed by atoms with Gasteiger partial charge in [-0.15, -0.1) is 0 Å². The lowest BCUT2D eigenvalue weighted by atomic mass is 10.1. The molecule has 0 bridgehead atoms. The maximum absolute atomic E-state index is 5.36. The Labute approximate surface area is 91.8 Å². The minimum atomic E-state index is 0.452. The predicted octanol–water partition coefficient (Wildman–Crippen LogP) is 2.23. The molecule has 0 aliphatic rings. The molecule has 0 radical (unpaired) electrons. The third-order valence-corrected chi connectivity index (χ3v) is 2.34. The molecule has 0 aliphatic heterocycles. The van der Waals surface area contributed by atoms with Gasteiger partial charge in [-0.2, -0.15) is 0 Å². The van der Waals surface area contributed by atoms with Crippen LogP contribution in [-0.2, 0) is 11.2 Å². The molecule has 1 unspecified atom stereocenters. The number of ether oxygens (including phenoxy) is 1. The molecule has 86 valence electrons. The Morgan fingerprint density at radius 1 is 1.47 bits per heavy atom. The van der Waals surface area contributed by atoms with Crippen molar-refractivity contribution in [3.63, 3.8) is 0 Å². The van der Waals surface area contributed by atoms with Crippen LogP contribution in [0.4, 0.5) is 0 Å². The second-order valence-electron chi connectivity index (χ2n) is 3.52. The zero-order valence-corrected chi connectivity index (χ0v) is 9.66. The lowest BCUT2D eigenvalue weighted by Crippen LogP contribution is -2.32. The quantitative estimate of drug-likeness (QED) is 0.670. The Hall–Kier alpha value is -0.800. The number of hydrogen-bond donors (Lipinski definition) is 1. The van der Waals surface area contributed by atoms with Crippen LogP contribution in [0.25, 0.3) is 0 Å². The third kappa shape index (κ3) is 5.00. The van der Waals surface area contributed by atoms with Gasteiger partial charge < -0.3 is 14.5 Å². The summed E-state index contributed by atoms with van der Waals surface area (Å²) < 4.78 is 10.7. The van der Waals surface area contributed by atoms with Gasteiger partial charge in [-0.1, -0.05) is 6.92 Å². The lowest BCUT2D eigenvalue weighted by molar-refractivity contribution is 0.136. The SMILES string of the molecule is CCNC(CCOCC)Cc1ccco1. The average molecular weight is 211 g/mol. The summed E-state index contributed by atoms with van der Waals surface area (Å²) in [7, 11) is 0. The van der Waals surface area contributed by atoms with Gasteiger partial charge in [0.2, 0.25) is 0 Å². The van der Waals surface area contributed by atoms with Gasteiger partial charge in [0, 0.05) is 25.7 Å². The monoisotopic (exact) mass is 211 g/mol. The van der Waals surface area contributed by atoms with Gasteiger partial charge in [-0.3, -0.25) is 0 Å². The molecule has 3 nitrogen and oxygen atoms in total. The summed E-state index contributed by atoms with van der Waals surface area (Å²) >= 11 is 0. The smallest absolute Gasteiger partial charge is 0.105 e. The standard InChI is InChI=1S/C12H21NO2/c1-3-13-11(7-9-14-4-2)10-12-6-5-8-15-12/h5-6,8,11,13H,3-4,7,9-10H2,1-2H3. The van der Waals surface area contributed by atoms with Crippen LogP contribution in [0.3, 0.4) is 0 Å². The predicted molar refractivity (Wildman–Crippen MR) is 61.0 cm³/mol. The van der Waals surface area contributed by atoms with Crippen LogP contribution in [-0.4, -0.2) is 25.8 Å². The van der Waals surface area contributed by atoms with Crippen molar-refractivity contribution in [3.8, 4) is 0 Å². The first-order chi connectivity index (χ1) is 7.36. The Bertz CT molecular complexity index is 234. The van der Waals surface area contributed by atoms with E-state index in [4.69, 9.17) is 9.15 Å². The van der Waals surface area contributed by atoms with Crippen LogP contribution >= 0.6 is 0 Å². The first-order valence-electron chi connectivity index (χ1n) is 5.70. The zero-order chi connectivity index (χ0) is 10.9. The van der Waals surface area contributed by atoms with Gasteiger partial charge >= 0.3 is 0 Å². The number of hydrogen-bond acceptors (Lipinski definition) is 3. The molecule has 0 saturated carbocycles. The van der Waals surface area contributed by atoms with Crippen molar-refractivity contribution in [1.82, 2.24) is 5.32 Å². The summed E-state index contributed by atoms with van der Waals surface area (Å²) in [6, 6.07) is 4.40. The van der Waals surface area contributed by atoms with Gasteiger partial charge in [0.05, 0.1) is 6.26 Å². The van der Waals surface area contributed by atoms with Crippen molar-refractivity contribution in [3.05, 3.63) is 24.2 Å². The van der Waals surface area contributed by atoms with E-state index in [-0.39, 0.29) is 0 Å². The van der Waals surface area contributed by atoms with Crippen molar-refractivity contribution in [2.24, 2.45) is 0 Å². The van der Waals surface area contributed by atoms with Crippen LogP contribution in [0, 0.1) is 0 Å². The van der Waals surface area contributed by atoms with Crippen LogP contribution < -0.4 is 5.32 Å². The molecule has 0 spiro atoms. The zero-order valence-electron chi connectivity index (χ0n) is 9.66. The Kier molecular flexibility index (Phi) is 6.12. The highest BCUT2D eigenvalue weighted by Gasteiger charge is 2.09. The van der Waals surface area contributed by atoms with Gasteiger partial charge in [-0.05, 0) is 32.0 Å². The molecule has 1 N–H and O–H groups in total. The molecule has 0 saturated heterocycles. The molecule has 0 amide bonds. The van der Waals surface area contributed by atoms with Crippen molar-refractivity contribution >= 4 is 0 Å². The topological polar surface area (TPSA) is 34.4 Å². The molecule has 0 aliphatic carbocycles. The van der Waals surface area contributed by atoms with Crippen LogP contribution in [0.15, 0.2) is 22.8 Å². The molecule has 1 rings (SSSR count). The summed E-state index contributed by atoms with van der Waals surface area (Å²) in [5, 5.41) is 3.44. The normalized spacial score (nSPS) is 12.9. The number of rotatable bonds is 8. The highest BCUT2D eigenvalue weighted by molar-refractivity contribution is 5.00. The van der Waals surface area contributed by atoms with Crippen LogP contribution in [0.2, 0.25) is 0 Å². The fourth-order valence-electron chi connectivity index (χ4n) is 1.61. The van der Waals surface area contributed by atoms with E-state index in [1.54, 1.807) is 6.26 Å². The molecule has 1 atom stereocenters. The van der Waals surface area contributed by atoms with Crippen LogP contribution in [0.1, 0.15) is 26.0 Å². The summed E-state index contributed by atoms with van der Waals surface area (Å²) in [5.74, 6) is 1.04. The van der Waals surface area contributed by atoms with Crippen molar-refractivity contribution in [2.45, 2.75) is 32.7 Å². The summed E-state index contributed by atoms with van der Waals surface area (Å²) in [6.07, 6.45) is 3.69. The van der Waals surface area contributed by atoms with E-state index in [1.165, 1.54) is 0 Å². The van der Waals surface area contributed by atoms with Gasteiger partial charge in [-0.25, -0.2) is 0 Å².